The molecule has 0 radical (unpaired) electrons. The molecule has 0 bridgehead atoms. The van der Waals surface area contributed by atoms with Crippen LogP contribution in [0.2, 0.25) is 0 Å². The zero-order valence-corrected chi connectivity index (χ0v) is 18.9. The van der Waals surface area contributed by atoms with Gasteiger partial charge in [0.2, 0.25) is 0 Å². The topological polar surface area (TPSA) is 104 Å². The number of hydrogen-bond acceptors (Lipinski definition) is 4. The van der Waals surface area contributed by atoms with Crippen LogP contribution in [0.4, 0.5) is 0 Å². The molecule has 174 valence electrons. The van der Waals surface area contributed by atoms with Gasteiger partial charge < -0.3 is 10.2 Å². The highest BCUT2D eigenvalue weighted by atomic mass is 16.4. The van der Waals surface area contributed by atoms with E-state index >= 15 is 0 Å². The van der Waals surface area contributed by atoms with E-state index in [-0.39, 0.29) is 25.2 Å². The van der Waals surface area contributed by atoms with E-state index in [9.17, 15) is 14.4 Å². The molecule has 0 saturated carbocycles. The van der Waals surface area contributed by atoms with Crippen LogP contribution in [0.3, 0.4) is 0 Å². The number of aliphatic carboxylic acids is 2. The van der Waals surface area contributed by atoms with E-state index < -0.39 is 18.0 Å². The van der Waals surface area contributed by atoms with E-state index in [0.29, 0.717) is 6.42 Å². The summed E-state index contributed by atoms with van der Waals surface area (Å²) in [7, 11) is 0. The van der Waals surface area contributed by atoms with Crippen molar-refractivity contribution in [2.24, 2.45) is 0 Å². The molecule has 6 heteroatoms. The highest BCUT2D eigenvalue weighted by Gasteiger charge is 2.18. The fourth-order valence-corrected chi connectivity index (χ4v) is 3.30. The first-order valence-electron chi connectivity index (χ1n) is 11.8. The van der Waals surface area contributed by atoms with Gasteiger partial charge in [-0.15, -0.1) is 0 Å². The number of nitrogens with one attached hydrogen (secondary N) is 1. The summed E-state index contributed by atoms with van der Waals surface area (Å²) in [6.45, 7) is 2.23. The average molecular weight is 426 g/mol. The number of carbonyl (C=O) groups excluding carboxylic acids is 1. The minimum atomic E-state index is -1.12. The van der Waals surface area contributed by atoms with Gasteiger partial charge in [0.05, 0.1) is 6.54 Å². The molecule has 0 aromatic rings. The Kier molecular flexibility index (Phi) is 19.4. The summed E-state index contributed by atoms with van der Waals surface area (Å²) in [6.07, 6.45) is 20.5. The van der Waals surface area contributed by atoms with Crippen LogP contribution < -0.4 is 5.32 Å². The SMILES string of the molecule is CCCCCCCC/C=C\CCCCCCCC(=O)CN[C@@H](CCC(=O)O)C(=O)O. The molecule has 3 N–H and O–H groups in total. The van der Waals surface area contributed by atoms with Gasteiger partial charge in [-0.1, -0.05) is 70.4 Å². The summed E-state index contributed by atoms with van der Waals surface area (Å²) < 4.78 is 0. The number of hydrogen-bond donors (Lipinski definition) is 3. The van der Waals surface area contributed by atoms with Crippen LogP contribution in [-0.4, -0.2) is 40.5 Å². The molecule has 6 nitrogen and oxygen atoms in total. The van der Waals surface area contributed by atoms with E-state index in [1.807, 2.05) is 0 Å². The molecule has 0 heterocycles. The molecule has 0 aromatic heterocycles. The van der Waals surface area contributed by atoms with Crippen LogP contribution in [0, 0.1) is 0 Å². The molecule has 0 spiro atoms. The molecule has 0 aliphatic heterocycles. The lowest BCUT2D eigenvalue weighted by atomic mass is 10.1. The van der Waals surface area contributed by atoms with Gasteiger partial charge in [0.25, 0.3) is 0 Å². The molecular weight excluding hydrogens is 382 g/mol. The predicted octanol–water partition coefficient (Wildman–Crippen LogP) is 5.50. The third kappa shape index (κ3) is 19.6. The number of carbonyl (C=O) groups is 3. The Morgan fingerprint density at radius 1 is 0.767 bits per heavy atom. The van der Waals surface area contributed by atoms with Crippen molar-refractivity contribution in [2.45, 2.75) is 116 Å². The number of ketones is 1. The van der Waals surface area contributed by atoms with Crippen LogP contribution in [0.15, 0.2) is 12.2 Å². The molecule has 0 amide bonds. The number of unbranched alkanes of at least 4 members (excludes halogenated alkanes) is 11. The Balaban J connectivity index is 3.52. The summed E-state index contributed by atoms with van der Waals surface area (Å²) in [4.78, 5) is 33.5. The molecule has 0 fully saturated rings. The second-order valence-electron chi connectivity index (χ2n) is 8.08. The monoisotopic (exact) mass is 425 g/mol. The maximum atomic E-state index is 11.9. The molecule has 0 rings (SSSR count). The average Bonchev–Trinajstić information content (AvgIpc) is 2.70. The van der Waals surface area contributed by atoms with Crippen molar-refractivity contribution >= 4 is 17.7 Å². The fourth-order valence-electron chi connectivity index (χ4n) is 3.30. The van der Waals surface area contributed by atoms with Gasteiger partial charge >= 0.3 is 11.9 Å². The highest BCUT2D eigenvalue weighted by molar-refractivity contribution is 5.81. The highest BCUT2D eigenvalue weighted by Crippen LogP contribution is 2.10. The quantitative estimate of drug-likeness (QED) is 0.156. The summed E-state index contributed by atoms with van der Waals surface area (Å²) >= 11 is 0. The summed E-state index contributed by atoms with van der Waals surface area (Å²) in [5, 5.41) is 20.3. The maximum absolute atomic E-state index is 11.9. The molecule has 1 atom stereocenters. The van der Waals surface area contributed by atoms with Crippen molar-refractivity contribution in [3.05, 3.63) is 12.2 Å². The predicted molar refractivity (Wildman–Crippen MR) is 121 cm³/mol. The van der Waals surface area contributed by atoms with Gasteiger partial charge in [-0.3, -0.25) is 19.7 Å². The Labute approximate surface area is 182 Å². The van der Waals surface area contributed by atoms with E-state index in [1.165, 1.54) is 57.8 Å². The van der Waals surface area contributed by atoms with Gasteiger partial charge in [0.15, 0.2) is 0 Å². The smallest absolute Gasteiger partial charge is 0.320 e. The fraction of sp³-hybridized carbons (Fsp3) is 0.792. The van der Waals surface area contributed by atoms with Gasteiger partial charge in [-0.05, 0) is 38.5 Å². The van der Waals surface area contributed by atoms with Gasteiger partial charge in [-0.2, -0.15) is 0 Å². The Hall–Kier alpha value is -1.69. The Morgan fingerprint density at radius 3 is 1.83 bits per heavy atom. The van der Waals surface area contributed by atoms with Crippen LogP contribution in [0.1, 0.15) is 110 Å². The largest absolute Gasteiger partial charge is 0.481 e. The van der Waals surface area contributed by atoms with E-state index in [2.05, 4.69) is 24.4 Å². The van der Waals surface area contributed by atoms with Crippen molar-refractivity contribution in [3.8, 4) is 0 Å². The van der Waals surface area contributed by atoms with Gasteiger partial charge in [0, 0.05) is 12.8 Å². The second-order valence-corrected chi connectivity index (χ2v) is 8.08. The summed E-state index contributed by atoms with van der Waals surface area (Å²) in [5.74, 6) is -2.18. The summed E-state index contributed by atoms with van der Waals surface area (Å²) in [6, 6.07) is -0.987. The Morgan fingerprint density at radius 2 is 1.30 bits per heavy atom. The molecular formula is C24H43NO5. The lowest BCUT2D eigenvalue weighted by Crippen LogP contribution is -2.40. The number of carboxylic acid groups (broad SMARTS) is 2. The molecule has 0 aliphatic rings. The molecule has 0 aromatic carbocycles. The first-order valence-corrected chi connectivity index (χ1v) is 11.8. The zero-order chi connectivity index (χ0) is 22.5. The lowest BCUT2D eigenvalue weighted by molar-refractivity contribution is -0.140. The third-order valence-corrected chi connectivity index (χ3v) is 5.21. The van der Waals surface area contributed by atoms with Crippen LogP contribution >= 0.6 is 0 Å². The van der Waals surface area contributed by atoms with Crippen LogP contribution in [0.25, 0.3) is 0 Å². The van der Waals surface area contributed by atoms with Gasteiger partial charge in [-0.25, -0.2) is 0 Å². The third-order valence-electron chi connectivity index (χ3n) is 5.21. The number of rotatable bonds is 22. The van der Waals surface area contributed by atoms with E-state index in [1.54, 1.807) is 0 Å². The number of carboxylic acids is 2. The van der Waals surface area contributed by atoms with Crippen molar-refractivity contribution in [1.82, 2.24) is 5.32 Å². The first kappa shape index (κ1) is 28.3. The Bertz CT molecular complexity index is 490. The summed E-state index contributed by atoms with van der Waals surface area (Å²) in [5.41, 5.74) is 0. The number of Topliss-reactive ketones (excluding diaryl/α,β-unsaturated/α-hetero) is 1. The molecule has 0 saturated heterocycles. The van der Waals surface area contributed by atoms with E-state index in [4.69, 9.17) is 10.2 Å². The second kappa shape index (κ2) is 20.6. The van der Waals surface area contributed by atoms with Crippen molar-refractivity contribution in [2.75, 3.05) is 6.54 Å². The molecule has 0 aliphatic carbocycles. The molecule has 0 unspecified atom stereocenters. The molecule has 30 heavy (non-hydrogen) atoms. The van der Waals surface area contributed by atoms with Crippen LogP contribution in [-0.2, 0) is 14.4 Å². The van der Waals surface area contributed by atoms with E-state index in [0.717, 1.165) is 25.7 Å². The van der Waals surface area contributed by atoms with Crippen LogP contribution in [0.5, 0.6) is 0 Å². The minimum Gasteiger partial charge on any atom is -0.481 e. The van der Waals surface area contributed by atoms with Crippen molar-refractivity contribution < 1.29 is 24.6 Å². The number of allylic oxidation sites excluding steroid dienone is 2. The van der Waals surface area contributed by atoms with Gasteiger partial charge in [0.1, 0.15) is 11.8 Å². The normalized spacial score (nSPS) is 12.3. The maximum Gasteiger partial charge on any atom is 0.320 e. The standard InChI is InChI=1S/C24H43NO5/c1-2-3-4-5-6-7-8-9-10-11-12-13-14-15-16-17-21(26)20-25-22(24(29)30)18-19-23(27)28/h9-10,22,25H,2-8,11-20H2,1H3,(H,27,28)(H,29,30)/b10-9-/t22-/m0/s1. The first-order chi connectivity index (χ1) is 14.5. The minimum absolute atomic E-state index is 0.0139. The zero-order valence-electron chi connectivity index (χ0n) is 18.9. The van der Waals surface area contributed by atoms with Crippen molar-refractivity contribution in [1.29, 1.82) is 0 Å². The van der Waals surface area contributed by atoms with Crippen molar-refractivity contribution in [3.63, 3.8) is 0 Å². The lowest BCUT2D eigenvalue weighted by Gasteiger charge is -2.12.